The van der Waals surface area contributed by atoms with Gasteiger partial charge in [-0.05, 0) is 69.1 Å². The molecule has 1 aliphatic heterocycles. The van der Waals surface area contributed by atoms with Gasteiger partial charge in [0, 0.05) is 24.4 Å². The summed E-state index contributed by atoms with van der Waals surface area (Å²) in [6, 6.07) is 8.26. The van der Waals surface area contributed by atoms with E-state index in [-0.39, 0.29) is 0 Å². The minimum atomic E-state index is 0.599. The first-order valence-electron chi connectivity index (χ1n) is 9.46. The van der Waals surface area contributed by atoms with Gasteiger partial charge in [0.1, 0.15) is 10.7 Å². The maximum atomic E-state index is 7.00. The molecular formula is C21H27N5OS. The van der Waals surface area contributed by atoms with E-state index < -0.39 is 0 Å². The van der Waals surface area contributed by atoms with Crippen LogP contribution in [0.15, 0.2) is 35.8 Å². The third-order valence-corrected chi connectivity index (χ3v) is 5.34. The first-order chi connectivity index (χ1) is 13.7. The molecule has 0 radical (unpaired) electrons. The minimum absolute atomic E-state index is 0.599. The zero-order valence-electron chi connectivity index (χ0n) is 16.6. The molecule has 7 heteroatoms. The van der Waals surface area contributed by atoms with Crippen LogP contribution in [-0.4, -0.2) is 45.2 Å². The van der Waals surface area contributed by atoms with Crippen molar-refractivity contribution in [2.75, 3.05) is 25.5 Å². The molecule has 1 fully saturated rings. The lowest BCUT2D eigenvalue weighted by Gasteiger charge is -2.11. The molecule has 148 valence electrons. The predicted octanol–water partition coefficient (Wildman–Crippen LogP) is 4.16. The van der Waals surface area contributed by atoms with E-state index in [1.807, 2.05) is 6.07 Å². The van der Waals surface area contributed by atoms with Gasteiger partial charge in [0.25, 0.3) is 0 Å². The second-order valence-corrected chi connectivity index (χ2v) is 7.82. The number of aromatic nitrogens is 3. The topological polar surface area (TPSA) is 74.2 Å². The molecule has 0 amide bonds. The fraction of sp³-hybridized carbons (Fsp3) is 0.381. The highest BCUT2D eigenvalue weighted by Gasteiger charge is 2.14. The zero-order chi connectivity index (χ0) is 19.9. The number of aliphatic hydroxyl groups excluding tert-OH is 1. The number of rotatable bonds is 5. The largest absolute Gasteiger partial charge is 0.400 e. The van der Waals surface area contributed by atoms with Crippen LogP contribution >= 0.6 is 11.3 Å². The van der Waals surface area contributed by atoms with Gasteiger partial charge in [-0.25, -0.2) is 15.0 Å². The summed E-state index contributed by atoms with van der Waals surface area (Å²) >= 11 is 1.71. The van der Waals surface area contributed by atoms with Gasteiger partial charge in [-0.1, -0.05) is 6.07 Å². The van der Waals surface area contributed by atoms with E-state index in [9.17, 15) is 0 Å². The van der Waals surface area contributed by atoms with Gasteiger partial charge in [-0.2, -0.15) is 0 Å². The third-order valence-electron chi connectivity index (χ3n) is 4.51. The second-order valence-electron chi connectivity index (χ2n) is 6.88. The number of thiazole rings is 1. The Morgan fingerprint density at radius 1 is 1.04 bits per heavy atom. The van der Waals surface area contributed by atoms with E-state index >= 15 is 0 Å². The van der Waals surface area contributed by atoms with Gasteiger partial charge in [0.15, 0.2) is 0 Å². The molecule has 0 spiro atoms. The minimum Gasteiger partial charge on any atom is -0.400 e. The summed E-state index contributed by atoms with van der Waals surface area (Å²) in [5.74, 6) is 0.599. The molecule has 28 heavy (non-hydrogen) atoms. The summed E-state index contributed by atoms with van der Waals surface area (Å²) in [5.41, 5.74) is 5.22. The van der Waals surface area contributed by atoms with Crippen molar-refractivity contribution >= 4 is 23.0 Å². The summed E-state index contributed by atoms with van der Waals surface area (Å²) in [7, 11) is 1.00. The molecule has 0 bridgehead atoms. The monoisotopic (exact) mass is 397 g/mol. The Morgan fingerprint density at radius 2 is 1.75 bits per heavy atom. The molecule has 2 aromatic heterocycles. The summed E-state index contributed by atoms with van der Waals surface area (Å²) in [6.45, 7) is 7.50. The quantitative estimate of drug-likeness (QED) is 0.673. The van der Waals surface area contributed by atoms with Gasteiger partial charge in [-0.3, -0.25) is 4.90 Å². The van der Waals surface area contributed by atoms with Gasteiger partial charge in [0.2, 0.25) is 5.95 Å². The molecule has 4 rings (SSSR count). The average molecular weight is 398 g/mol. The number of anilines is 2. The fourth-order valence-electron chi connectivity index (χ4n) is 3.37. The number of nitrogens with zero attached hydrogens (tertiary/aromatic N) is 4. The predicted molar refractivity (Wildman–Crippen MR) is 115 cm³/mol. The van der Waals surface area contributed by atoms with Gasteiger partial charge < -0.3 is 10.4 Å². The van der Waals surface area contributed by atoms with Crippen molar-refractivity contribution in [2.24, 2.45) is 0 Å². The van der Waals surface area contributed by atoms with E-state index in [1.165, 1.54) is 37.1 Å². The molecule has 0 atom stereocenters. The number of benzene rings is 1. The average Bonchev–Trinajstić information content (AvgIpc) is 3.35. The van der Waals surface area contributed by atoms with Crippen LogP contribution in [-0.2, 0) is 6.54 Å². The highest BCUT2D eigenvalue weighted by molar-refractivity contribution is 7.09. The number of aryl methyl sites for hydroxylation is 2. The molecule has 1 saturated heterocycles. The molecule has 3 aromatic rings. The number of aliphatic hydroxyl groups is 1. The molecule has 2 N–H and O–H groups in total. The Bertz CT molecular complexity index is 885. The van der Waals surface area contributed by atoms with Crippen LogP contribution in [0.5, 0.6) is 0 Å². The van der Waals surface area contributed by atoms with Gasteiger partial charge >= 0.3 is 0 Å². The van der Waals surface area contributed by atoms with E-state index in [0.29, 0.717) is 5.95 Å². The van der Waals surface area contributed by atoms with Crippen LogP contribution in [0.25, 0.3) is 11.4 Å². The molecule has 0 unspecified atom stereocenters. The number of hydrogen-bond acceptors (Lipinski definition) is 7. The standard InChI is InChI=1S/C20H23N5S.CH4O/c1-14-9-15(2)11-16(10-14)22-20-21-6-5-17(24-20)18-13-26-19(23-18)12-25-7-3-4-8-25;1-2/h5-6,9-11,13H,3-4,7-8,12H2,1-2H3,(H,21,22,24);2H,1H3. The highest BCUT2D eigenvalue weighted by Crippen LogP contribution is 2.24. The normalized spacial score (nSPS) is 13.9. The number of nitrogens with one attached hydrogen (secondary N) is 1. The fourth-order valence-corrected chi connectivity index (χ4v) is 4.20. The lowest BCUT2D eigenvalue weighted by atomic mass is 10.1. The molecular weight excluding hydrogens is 370 g/mol. The Hall–Kier alpha value is -2.35. The Labute approximate surface area is 170 Å². The van der Waals surface area contributed by atoms with Gasteiger partial charge in [-0.15, -0.1) is 11.3 Å². The Balaban J connectivity index is 0.00000109. The Kier molecular flexibility index (Phi) is 7.08. The SMILES string of the molecule is CO.Cc1cc(C)cc(Nc2nccc(-c3csc(CN4CCCC4)n3)n2)c1. The summed E-state index contributed by atoms with van der Waals surface area (Å²) < 4.78 is 0. The lowest BCUT2D eigenvalue weighted by Crippen LogP contribution is -2.18. The summed E-state index contributed by atoms with van der Waals surface area (Å²) in [5, 5.41) is 13.6. The van der Waals surface area contributed by atoms with Crippen molar-refractivity contribution in [3.05, 3.63) is 52.0 Å². The molecule has 0 saturated carbocycles. The van der Waals surface area contributed by atoms with Crippen LogP contribution in [0.1, 0.15) is 29.0 Å². The van der Waals surface area contributed by atoms with Crippen LogP contribution in [0.3, 0.4) is 0 Å². The second kappa shape index (κ2) is 9.73. The van der Waals surface area contributed by atoms with E-state index in [1.54, 1.807) is 17.5 Å². The van der Waals surface area contributed by atoms with Crippen molar-refractivity contribution in [3.8, 4) is 11.4 Å². The zero-order valence-corrected chi connectivity index (χ0v) is 17.5. The van der Waals surface area contributed by atoms with Gasteiger partial charge in [0.05, 0.1) is 12.2 Å². The van der Waals surface area contributed by atoms with E-state index in [2.05, 4.69) is 57.6 Å². The maximum Gasteiger partial charge on any atom is 0.227 e. The van der Waals surface area contributed by atoms with Crippen LogP contribution in [0, 0.1) is 13.8 Å². The number of likely N-dealkylation sites (tertiary alicyclic amines) is 1. The number of hydrogen-bond donors (Lipinski definition) is 2. The Morgan fingerprint density at radius 3 is 2.46 bits per heavy atom. The van der Waals surface area contributed by atoms with Crippen LogP contribution < -0.4 is 5.32 Å². The highest BCUT2D eigenvalue weighted by atomic mass is 32.1. The first kappa shape index (κ1) is 20.4. The molecule has 1 aromatic carbocycles. The maximum absolute atomic E-state index is 7.00. The lowest BCUT2D eigenvalue weighted by molar-refractivity contribution is 0.331. The third kappa shape index (κ3) is 5.34. The van der Waals surface area contributed by atoms with Crippen molar-refractivity contribution in [1.29, 1.82) is 0 Å². The van der Waals surface area contributed by atoms with Crippen molar-refractivity contribution < 1.29 is 5.11 Å². The van der Waals surface area contributed by atoms with Crippen molar-refractivity contribution in [3.63, 3.8) is 0 Å². The van der Waals surface area contributed by atoms with Crippen LogP contribution in [0.2, 0.25) is 0 Å². The summed E-state index contributed by atoms with van der Waals surface area (Å²) in [6.07, 6.45) is 4.39. The molecule has 6 nitrogen and oxygen atoms in total. The van der Waals surface area contributed by atoms with E-state index in [4.69, 9.17) is 10.1 Å². The van der Waals surface area contributed by atoms with E-state index in [0.717, 1.165) is 35.7 Å². The summed E-state index contributed by atoms with van der Waals surface area (Å²) in [4.78, 5) is 16.3. The first-order valence-corrected chi connectivity index (χ1v) is 10.3. The van der Waals surface area contributed by atoms with Crippen molar-refractivity contribution in [2.45, 2.75) is 33.2 Å². The molecule has 1 aliphatic rings. The van der Waals surface area contributed by atoms with Crippen molar-refractivity contribution in [1.82, 2.24) is 19.9 Å². The van der Waals surface area contributed by atoms with Crippen LogP contribution in [0.4, 0.5) is 11.6 Å². The molecule has 0 aliphatic carbocycles. The molecule has 3 heterocycles. The smallest absolute Gasteiger partial charge is 0.227 e.